The van der Waals surface area contributed by atoms with E-state index in [2.05, 4.69) is 5.32 Å². The molecule has 0 saturated carbocycles. The van der Waals surface area contributed by atoms with Crippen LogP contribution in [-0.4, -0.2) is 35.1 Å². The largest absolute Gasteiger partial charge is 0.346 e. The highest BCUT2D eigenvalue weighted by atomic mass is 32.2. The molecule has 1 N–H and O–H groups in total. The molecule has 2 rings (SSSR count). The predicted molar refractivity (Wildman–Crippen MR) is 102 cm³/mol. The van der Waals surface area contributed by atoms with Crippen molar-refractivity contribution in [3.63, 3.8) is 0 Å². The number of carbonyl (C=O) groups excluding carboxylic acids is 2. The van der Waals surface area contributed by atoms with Gasteiger partial charge in [0.2, 0.25) is 11.8 Å². The highest BCUT2D eigenvalue weighted by Gasteiger charge is 2.17. The van der Waals surface area contributed by atoms with Crippen molar-refractivity contribution < 1.29 is 9.59 Å². The summed E-state index contributed by atoms with van der Waals surface area (Å²) in [4.78, 5) is 27.4. The summed E-state index contributed by atoms with van der Waals surface area (Å²) in [5.41, 5.74) is 1.08. The zero-order valence-corrected chi connectivity index (χ0v) is 15.5. The van der Waals surface area contributed by atoms with Crippen LogP contribution in [0.4, 0.5) is 0 Å². The zero-order chi connectivity index (χ0) is 18.1. The number of hydrogen-bond donors (Lipinski definition) is 1. The van der Waals surface area contributed by atoms with Gasteiger partial charge in [-0.3, -0.25) is 9.59 Å². The van der Waals surface area contributed by atoms with Crippen LogP contribution in [0.25, 0.3) is 0 Å². The first-order valence-corrected chi connectivity index (χ1v) is 9.29. The number of carbonyl (C=O) groups is 2. The summed E-state index contributed by atoms with van der Waals surface area (Å²) in [5.74, 6) is -0.199. The van der Waals surface area contributed by atoms with Crippen LogP contribution in [0.1, 0.15) is 19.4 Å². The van der Waals surface area contributed by atoms with E-state index in [0.29, 0.717) is 13.1 Å². The smallest absolute Gasteiger partial charge is 0.242 e. The Kier molecular flexibility index (Phi) is 7.54. The molecule has 0 saturated heterocycles. The Balaban J connectivity index is 1.82. The number of nitrogens with one attached hydrogen (secondary N) is 1. The normalized spacial score (nSPS) is 11.6. The summed E-state index contributed by atoms with van der Waals surface area (Å²) in [6, 6.07) is 19.6. The third kappa shape index (κ3) is 6.27. The Morgan fingerprint density at radius 3 is 2.24 bits per heavy atom. The molecule has 2 amide bonds. The molecular weight excluding hydrogens is 332 g/mol. The summed E-state index contributed by atoms with van der Waals surface area (Å²) < 4.78 is 0. The first kappa shape index (κ1) is 19.1. The standard InChI is InChI=1S/C20H24N2O2S/c1-3-22(15-17-10-6-4-7-11-17)19(23)14-21-20(24)16(2)25-18-12-8-5-9-13-18/h4-13,16H,3,14-15H2,1-2H3,(H,21,24). The average Bonchev–Trinajstić information content (AvgIpc) is 2.65. The minimum absolute atomic E-state index is 0.0270. The van der Waals surface area contributed by atoms with Gasteiger partial charge in [-0.25, -0.2) is 0 Å². The van der Waals surface area contributed by atoms with E-state index in [1.165, 1.54) is 11.8 Å². The van der Waals surface area contributed by atoms with Crippen LogP contribution in [0.3, 0.4) is 0 Å². The van der Waals surface area contributed by atoms with E-state index in [0.717, 1.165) is 10.5 Å². The number of likely N-dealkylation sites (N-methyl/N-ethyl adjacent to an activating group) is 1. The maximum Gasteiger partial charge on any atom is 0.242 e. The minimum atomic E-state index is -0.251. The molecule has 0 fully saturated rings. The monoisotopic (exact) mass is 356 g/mol. The Hall–Kier alpha value is -2.27. The summed E-state index contributed by atoms with van der Waals surface area (Å²) >= 11 is 1.48. The summed E-state index contributed by atoms with van der Waals surface area (Å²) in [6.45, 7) is 4.98. The van der Waals surface area contributed by atoms with Crippen molar-refractivity contribution in [3.8, 4) is 0 Å². The molecule has 25 heavy (non-hydrogen) atoms. The van der Waals surface area contributed by atoms with E-state index in [1.807, 2.05) is 74.5 Å². The van der Waals surface area contributed by atoms with Gasteiger partial charge in [0.1, 0.15) is 0 Å². The molecule has 0 heterocycles. The molecule has 2 aromatic carbocycles. The van der Waals surface area contributed by atoms with Crippen LogP contribution in [0.5, 0.6) is 0 Å². The van der Waals surface area contributed by atoms with Crippen molar-refractivity contribution in [2.75, 3.05) is 13.1 Å². The third-order valence-electron chi connectivity index (χ3n) is 3.79. The molecule has 1 atom stereocenters. The molecule has 0 aromatic heterocycles. The van der Waals surface area contributed by atoms with Crippen LogP contribution in [0.2, 0.25) is 0 Å². The van der Waals surface area contributed by atoms with Gasteiger partial charge in [0.15, 0.2) is 0 Å². The first-order valence-electron chi connectivity index (χ1n) is 8.41. The van der Waals surface area contributed by atoms with Gasteiger partial charge in [0.05, 0.1) is 11.8 Å². The van der Waals surface area contributed by atoms with Crippen LogP contribution < -0.4 is 5.32 Å². The number of amides is 2. The fraction of sp³-hybridized carbons (Fsp3) is 0.300. The van der Waals surface area contributed by atoms with E-state index in [4.69, 9.17) is 0 Å². The topological polar surface area (TPSA) is 49.4 Å². The molecule has 0 radical (unpaired) electrons. The first-order chi connectivity index (χ1) is 12.1. The van der Waals surface area contributed by atoms with E-state index in [-0.39, 0.29) is 23.6 Å². The second-order valence-electron chi connectivity index (χ2n) is 5.68. The van der Waals surface area contributed by atoms with Crippen molar-refractivity contribution in [1.82, 2.24) is 10.2 Å². The van der Waals surface area contributed by atoms with Crippen molar-refractivity contribution in [2.24, 2.45) is 0 Å². The Labute approximate surface area is 153 Å². The average molecular weight is 356 g/mol. The van der Waals surface area contributed by atoms with Gasteiger partial charge in [0.25, 0.3) is 0 Å². The third-order valence-corrected chi connectivity index (χ3v) is 4.90. The molecule has 0 aliphatic rings. The molecular formula is C20H24N2O2S. The van der Waals surface area contributed by atoms with E-state index >= 15 is 0 Å². The molecule has 0 spiro atoms. The molecule has 4 nitrogen and oxygen atoms in total. The second kappa shape index (κ2) is 9.89. The maximum atomic E-state index is 12.4. The SMILES string of the molecule is CCN(Cc1ccccc1)C(=O)CNC(=O)C(C)Sc1ccccc1. The van der Waals surface area contributed by atoms with Crippen LogP contribution in [0.15, 0.2) is 65.6 Å². The zero-order valence-electron chi connectivity index (χ0n) is 14.6. The molecule has 0 aliphatic heterocycles. The lowest BCUT2D eigenvalue weighted by Gasteiger charge is -2.21. The van der Waals surface area contributed by atoms with Gasteiger partial charge in [-0.2, -0.15) is 0 Å². The van der Waals surface area contributed by atoms with E-state index in [9.17, 15) is 9.59 Å². The number of thioether (sulfide) groups is 1. The molecule has 2 aromatic rings. The lowest BCUT2D eigenvalue weighted by Crippen LogP contribution is -2.41. The summed E-state index contributed by atoms with van der Waals surface area (Å²) in [6.07, 6.45) is 0. The molecule has 5 heteroatoms. The van der Waals surface area contributed by atoms with E-state index in [1.54, 1.807) is 4.90 Å². The Bertz CT molecular complexity index is 677. The second-order valence-corrected chi connectivity index (χ2v) is 7.10. The van der Waals surface area contributed by atoms with Crippen molar-refractivity contribution in [1.29, 1.82) is 0 Å². The minimum Gasteiger partial charge on any atom is -0.346 e. The van der Waals surface area contributed by atoms with Crippen LogP contribution >= 0.6 is 11.8 Å². The maximum absolute atomic E-state index is 12.4. The number of rotatable bonds is 8. The van der Waals surface area contributed by atoms with Gasteiger partial charge in [-0.15, -0.1) is 11.8 Å². The van der Waals surface area contributed by atoms with Crippen molar-refractivity contribution in [2.45, 2.75) is 30.5 Å². The van der Waals surface area contributed by atoms with Crippen molar-refractivity contribution in [3.05, 3.63) is 66.2 Å². The molecule has 132 valence electrons. The molecule has 1 unspecified atom stereocenters. The number of nitrogens with zero attached hydrogens (tertiary/aromatic N) is 1. The van der Waals surface area contributed by atoms with Gasteiger partial charge >= 0.3 is 0 Å². The van der Waals surface area contributed by atoms with Gasteiger partial charge in [-0.1, -0.05) is 48.5 Å². The van der Waals surface area contributed by atoms with Gasteiger partial charge < -0.3 is 10.2 Å². The number of hydrogen-bond acceptors (Lipinski definition) is 3. The fourth-order valence-corrected chi connectivity index (χ4v) is 3.27. The quantitative estimate of drug-likeness (QED) is 0.738. The van der Waals surface area contributed by atoms with Crippen LogP contribution in [-0.2, 0) is 16.1 Å². The van der Waals surface area contributed by atoms with E-state index < -0.39 is 0 Å². The molecule has 0 aliphatic carbocycles. The highest BCUT2D eigenvalue weighted by Crippen LogP contribution is 2.22. The Morgan fingerprint density at radius 2 is 1.64 bits per heavy atom. The van der Waals surface area contributed by atoms with Crippen LogP contribution in [0, 0.1) is 0 Å². The number of benzene rings is 2. The van der Waals surface area contributed by atoms with Gasteiger partial charge in [-0.05, 0) is 31.5 Å². The predicted octanol–water partition coefficient (Wildman–Crippen LogP) is 3.33. The van der Waals surface area contributed by atoms with Gasteiger partial charge in [0, 0.05) is 18.0 Å². The lowest BCUT2D eigenvalue weighted by molar-refractivity contribution is -0.133. The highest BCUT2D eigenvalue weighted by molar-refractivity contribution is 8.00. The van der Waals surface area contributed by atoms with Crippen molar-refractivity contribution >= 4 is 23.6 Å². The Morgan fingerprint density at radius 1 is 1.04 bits per heavy atom. The lowest BCUT2D eigenvalue weighted by atomic mass is 10.2. The summed E-state index contributed by atoms with van der Waals surface area (Å²) in [7, 11) is 0. The summed E-state index contributed by atoms with van der Waals surface area (Å²) in [5, 5.41) is 2.50. The fourth-order valence-electron chi connectivity index (χ4n) is 2.36. The molecule has 0 bridgehead atoms.